The van der Waals surface area contributed by atoms with Gasteiger partial charge in [0, 0.05) is 23.7 Å². The molecule has 1 aliphatic carbocycles. The third kappa shape index (κ3) is 2.24. The zero-order valence-corrected chi connectivity index (χ0v) is 12.3. The average Bonchev–Trinajstić information content (AvgIpc) is 3.31. The largest absolute Gasteiger partial charge is 0.384 e. The molecule has 4 heteroatoms. The maximum absolute atomic E-state index is 6.02. The van der Waals surface area contributed by atoms with Crippen LogP contribution in [0.25, 0.3) is 0 Å². The predicted octanol–water partition coefficient (Wildman–Crippen LogP) is 3.41. The molecule has 1 fully saturated rings. The smallest absolute Gasteiger partial charge is 0.139 e. The van der Waals surface area contributed by atoms with Gasteiger partial charge < -0.3 is 10.6 Å². The van der Waals surface area contributed by atoms with E-state index < -0.39 is 0 Å². The van der Waals surface area contributed by atoms with Gasteiger partial charge in [-0.2, -0.15) is 0 Å². The van der Waals surface area contributed by atoms with Crippen LogP contribution in [0.4, 0.5) is 17.3 Å². The Kier molecular flexibility index (Phi) is 2.84. The molecule has 0 amide bonds. The number of nitrogens with two attached hydrogens (primary N) is 1. The van der Waals surface area contributed by atoms with Crippen molar-refractivity contribution in [2.45, 2.75) is 44.6 Å². The summed E-state index contributed by atoms with van der Waals surface area (Å²) in [4.78, 5) is 11.5. The van der Waals surface area contributed by atoms with E-state index >= 15 is 0 Å². The van der Waals surface area contributed by atoms with E-state index in [4.69, 9.17) is 10.7 Å². The van der Waals surface area contributed by atoms with Gasteiger partial charge in [0.2, 0.25) is 0 Å². The Morgan fingerprint density at radius 2 is 1.95 bits per heavy atom. The Morgan fingerprint density at radius 1 is 1.14 bits per heavy atom. The van der Waals surface area contributed by atoms with Crippen molar-refractivity contribution in [3.63, 3.8) is 0 Å². The highest BCUT2D eigenvalue weighted by Crippen LogP contribution is 2.41. The fourth-order valence-electron chi connectivity index (χ4n) is 3.16. The third-order valence-electron chi connectivity index (χ3n) is 4.46. The van der Waals surface area contributed by atoms with Gasteiger partial charge in [-0.3, -0.25) is 0 Å². The van der Waals surface area contributed by atoms with Crippen LogP contribution < -0.4 is 10.6 Å². The van der Waals surface area contributed by atoms with Gasteiger partial charge in [0.15, 0.2) is 0 Å². The Morgan fingerprint density at radius 3 is 2.76 bits per heavy atom. The van der Waals surface area contributed by atoms with Gasteiger partial charge >= 0.3 is 0 Å². The second kappa shape index (κ2) is 4.72. The number of hydrogen-bond donors (Lipinski definition) is 1. The number of aromatic nitrogens is 2. The van der Waals surface area contributed by atoms with Crippen LogP contribution in [0.1, 0.15) is 43.5 Å². The number of aryl methyl sites for hydroxylation is 1. The fraction of sp³-hybridized carbons (Fsp3) is 0.412. The van der Waals surface area contributed by atoms with Crippen molar-refractivity contribution < 1.29 is 0 Å². The summed E-state index contributed by atoms with van der Waals surface area (Å²) >= 11 is 0. The molecule has 0 spiro atoms. The van der Waals surface area contributed by atoms with E-state index in [-0.39, 0.29) is 0 Å². The lowest BCUT2D eigenvalue weighted by Crippen LogP contribution is -2.34. The van der Waals surface area contributed by atoms with Crippen LogP contribution in [0, 0.1) is 0 Å². The molecule has 4 rings (SSSR count). The minimum Gasteiger partial charge on any atom is -0.384 e. The summed E-state index contributed by atoms with van der Waals surface area (Å²) in [5, 5.41) is 0. The number of fused-ring (bicyclic) bond motifs is 1. The lowest BCUT2D eigenvalue weighted by atomic mass is 9.96. The third-order valence-corrected chi connectivity index (χ3v) is 4.46. The molecule has 2 N–H and O–H groups in total. The van der Waals surface area contributed by atoms with Crippen LogP contribution in [0.2, 0.25) is 0 Å². The van der Waals surface area contributed by atoms with Crippen LogP contribution in [0.3, 0.4) is 0 Å². The molecular weight excluding hydrogens is 260 g/mol. The summed E-state index contributed by atoms with van der Waals surface area (Å²) in [6.07, 6.45) is 4.65. The zero-order valence-electron chi connectivity index (χ0n) is 12.3. The van der Waals surface area contributed by atoms with Gasteiger partial charge in [-0.1, -0.05) is 18.2 Å². The molecule has 108 valence electrons. The van der Waals surface area contributed by atoms with E-state index in [1.54, 1.807) is 0 Å². The van der Waals surface area contributed by atoms with Crippen molar-refractivity contribution in [3.05, 3.63) is 41.7 Å². The maximum Gasteiger partial charge on any atom is 0.139 e. The molecule has 21 heavy (non-hydrogen) atoms. The number of rotatable bonds is 2. The van der Waals surface area contributed by atoms with Gasteiger partial charge in [0.1, 0.15) is 17.5 Å². The number of para-hydroxylation sites is 1. The van der Waals surface area contributed by atoms with Crippen LogP contribution in [0.5, 0.6) is 0 Å². The van der Waals surface area contributed by atoms with Gasteiger partial charge in [0.05, 0.1) is 0 Å². The monoisotopic (exact) mass is 280 g/mol. The molecule has 2 aliphatic rings. The number of hydrogen-bond acceptors (Lipinski definition) is 4. The summed E-state index contributed by atoms with van der Waals surface area (Å²) in [6.45, 7) is 2.25. The topological polar surface area (TPSA) is 55.0 Å². The van der Waals surface area contributed by atoms with Gasteiger partial charge in [-0.15, -0.1) is 0 Å². The van der Waals surface area contributed by atoms with Gasteiger partial charge in [0.25, 0.3) is 0 Å². The Labute approximate surface area is 125 Å². The second-order valence-corrected chi connectivity index (χ2v) is 6.17. The van der Waals surface area contributed by atoms with E-state index in [2.05, 4.69) is 41.1 Å². The van der Waals surface area contributed by atoms with E-state index in [0.29, 0.717) is 17.8 Å². The van der Waals surface area contributed by atoms with E-state index in [0.717, 1.165) is 24.5 Å². The second-order valence-electron chi connectivity index (χ2n) is 6.17. The van der Waals surface area contributed by atoms with E-state index in [1.807, 2.05) is 6.07 Å². The van der Waals surface area contributed by atoms with Crippen LogP contribution in [-0.2, 0) is 6.42 Å². The minimum atomic E-state index is 0.432. The molecule has 2 heterocycles. The number of anilines is 3. The molecule has 1 unspecified atom stereocenters. The molecule has 4 nitrogen and oxygen atoms in total. The summed E-state index contributed by atoms with van der Waals surface area (Å²) < 4.78 is 0. The Bertz CT molecular complexity index is 678. The van der Waals surface area contributed by atoms with Gasteiger partial charge in [-0.05, 0) is 44.2 Å². The lowest BCUT2D eigenvalue weighted by molar-refractivity contribution is 0.612. The number of nitrogen functional groups attached to an aromatic ring is 1. The van der Waals surface area contributed by atoms with Gasteiger partial charge in [-0.25, -0.2) is 9.97 Å². The molecule has 1 saturated carbocycles. The molecule has 1 atom stereocenters. The number of benzene rings is 1. The number of nitrogens with zero attached hydrogens (tertiary/aromatic N) is 3. The summed E-state index contributed by atoms with van der Waals surface area (Å²) in [7, 11) is 0. The van der Waals surface area contributed by atoms with E-state index in [1.165, 1.54) is 24.1 Å². The highest BCUT2D eigenvalue weighted by atomic mass is 15.2. The molecule has 0 radical (unpaired) electrons. The van der Waals surface area contributed by atoms with Crippen LogP contribution in [0.15, 0.2) is 30.3 Å². The fourth-order valence-corrected chi connectivity index (χ4v) is 3.16. The first-order valence-electron chi connectivity index (χ1n) is 7.74. The molecule has 1 aromatic heterocycles. The lowest BCUT2D eigenvalue weighted by Gasteiger charge is -2.36. The Hall–Kier alpha value is -2.10. The first-order valence-corrected chi connectivity index (χ1v) is 7.74. The zero-order chi connectivity index (χ0) is 14.4. The van der Waals surface area contributed by atoms with Crippen molar-refractivity contribution in [1.82, 2.24) is 9.97 Å². The summed E-state index contributed by atoms with van der Waals surface area (Å²) in [6, 6.07) is 10.9. The van der Waals surface area contributed by atoms with Crippen molar-refractivity contribution in [2.75, 3.05) is 10.6 Å². The predicted molar refractivity (Wildman–Crippen MR) is 84.8 cm³/mol. The molecular formula is C17H20N4. The van der Waals surface area contributed by atoms with Crippen LogP contribution >= 0.6 is 0 Å². The first kappa shape index (κ1) is 12.6. The van der Waals surface area contributed by atoms with Crippen molar-refractivity contribution in [2.24, 2.45) is 0 Å². The van der Waals surface area contributed by atoms with Crippen molar-refractivity contribution in [1.29, 1.82) is 0 Å². The quantitative estimate of drug-likeness (QED) is 0.916. The van der Waals surface area contributed by atoms with Crippen LogP contribution in [-0.4, -0.2) is 16.0 Å². The van der Waals surface area contributed by atoms with Crippen molar-refractivity contribution >= 4 is 17.3 Å². The SMILES string of the molecule is CC1CCc2ccccc2N1c1cc(N)nc(C2CC2)n1. The first-order chi connectivity index (χ1) is 10.2. The standard InChI is InChI=1S/C17H20N4/c1-11-6-7-12-4-2-3-5-14(12)21(11)16-10-15(18)19-17(20-16)13-8-9-13/h2-5,10-11,13H,6-9H2,1H3,(H2,18,19,20). The average molecular weight is 280 g/mol. The van der Waals surface area contributed by atoms with E-state index in [9.17, 15) is 0 Å². The molecule has 1 aromatic carbocycles. The maximum atomic E-state index is 6.02. The Balaban J connectivity index is 1.82. The summed E-state index contributed by atoms with van der Waals surface area (Å²) in [5.41, 5.74) is 8.67. The molecule has 1 aliphatic heterocycles. The molecule has 0 saturated heterocycles. The molecule has 0 bridgehead atoms. The van der Waals surface area contributed by atoms with Crippen molar-refractivity contribution in [3.8, 4) is 0 Å². The highest BCUT2D eigenvalue weighted by molar-refractivity contribution is 5.67. The summed E-state index contributed by atoms with van der Waals surface area (Å²) in [5.74, 6) is 2.96. The highest BCUT2D eigenvalue weighted by Gasteiger charge is 2.30. The molecule has 2 aromatic rings. The minimum absolute atomic E-state index is 0.432. The normalized spacial score (nSPS) is 21.2.